The lowest BCUT2D eigenvalue weighted by molar-refractivity contribution is -0.104. The maximum absolute atomic E-state index is 10.6. The molecular formula is C14H14O3. The number of allylic oxidation sites excluding steroid dienone is 2. The molecule has 1 saturated carbocycles. The van der Waals surface area contributed by atoms with Crippen LogP contribution in [-0.2, 0) is 4.79 Å². The number of ether oxygens (including phenoxy) is 2. The molecule has 0 amide bonds. The summed E-state index contributed by atoms with van der Waals surface area (Å²) in [6.45, 7) is 0.306. The smallest absolute Gasteiger partial charge is 0.231 e. The van der Waals surface area contributed by atoms with Crippen molar-refractivity contribution in [3.63, 3.8) is 0 Å². The van der Waals surface area contributed by atoms with Gasteiger partial charge in [-0.2, -0.15) is 0 Å². The summed E-state index contributed by atoms with van der Waals surface area (Å²) in [7, 11) is 0. The van der Waals surface area contributed by atoms with Crippen LogP contribution < -0.4 is 9.47 Å². The lowest BCUT2D eigenvalue weighted by Gasteiger charge is -2.12. The molecule has 0 saturated heterocycles. The van der Waals surface area contributed by atoms with E-state index in [9.17, 15) is 4.79 Å². The highest BCUT2D eigenvalue weighted by Crippen LogP contribution is 2.42. The second kappa shape index (κ2) is 4.24. The normalized spacial score (nSPS) is 24.2. The second-order valence-corrected chi connectivity index (χ2v) is 4.44. The molecular weight excluding hydrogens is 216 g/mol. The molecule has 1 atom stereocenters. The van der Waals surface area contributed by atoms with E-state index in [4.69, 9.17) is 9.47 Å². The number of carbonyl (C=O) groups excluding carboxylic acids is 1. The van der Waals surface area contributed by atoms with Crippen LogP contribution in [0, 0.1) is 0 Å². The Morgan fingerprint density at radius 3 is 3.00 bits per heavy atom. The van der Waals surface area contributed by atoms with Gasteiger partial charge in [0.25, 0.3) is 0 Å². The molecule has 0 aromatic heterocycles. The molecule has 3 nitrogen and oxygen atoms in total. The van der Waals surface area contributed by atoms with Crippen LogP contribution in [0.4, 0.5) is 0 Å². The molecule has 3 heteroatoms. The molecule has 1 aromatic rings. The van der Waals surface area contributed by atoms with Crippen LogP contribution in [-0.4, -0.2) is 13.1 Å². The van der Waals surface area contributed by atoms with E-state index in [2.05, 4.69) is 6.07 Å². The summed E-state index contributed by atoms with van der Waals surface area (Å²) in [6, 6.07) is 6.06. The van der Waals surface area contributed by atoms with E-state index in [0.29, 0.717) is 12.7 Å². The minimum Gasteiger partial charge on any atom is -0.454 e. The van der Waals surface area contributed by atoms with Crippen molar-refractivity contribution in [1.29, 1.82) is 0 Å². The maximum atomic E-state index is 10.6. The van der Waals surface area contributed by atoms with Gasteiger partial charge >= 0.3 is 0 Å². The fourth-order valence-electron chi connectivity index (χ4n) is 2.67. The van der Waals surface area contributed by atoms with Crippen molar-refractivity contribution in [3.8, 4) is 11.5 Å². The zero-order valence-electron chi connectivity index (χ0n) is 9.52. The minimum atomic E-state index is 0.306. The standard InChI is InChI=1S/C14H14O3/c15-7-6-10-2-1-3-12(10)11-4-5-13-14(8-11)17-9-16-13/h4-8,12H,1-3,9H2/b10-6+. The van der Waals surface area contributed by atoms with E-state index in [0.717, 1.165) is 37.0 Å². The van der Waals surface area contributed by atoms with E-state index in [-0.39, 0.29) is 0 Å². The van der Waals surface area contributed by atoms with E-state index < -0.39 is 0 Å². The number of benzene rings is 1. The molecule has 1 fully saturated rings. The lowest BCUT2D eigenvalue weighted by atomic mass is 9.93. The van der Waals surface area contributed by atoms with Crippen LogP contribution >= 0.6 is 0 Å². The Hall–Kier alpha value is -1.77. The highest BCUT2D eigenvalue weighted by Gasteiger charge is 2.24. The summed E-state index contributed by atoms with van der Waals surface area (Å²) in [5.74, 6) is 2.00. The molecule has 2 aliphatic rings. The molecule has 1 aromatic carbocycles. The van der Waals surface area contributed by atoms with Crippen molar-refractivity contribution in [1.82, 2.24) is 0 Å². The van der Waals surface area contributed by atoms with E-state index in [1.165, 1.54) is 11.1 Å². The van der Waals surface area contributed by atoms with Crippen LogP contribution in [0.2, 0.25) is 0 Å². The Morgan fingerprint density at radius 2 is 2.12 bits per heavy atom. The van der Waals surface area contributed by atoms with E-state index in [1.807, 2.05) is 12.1 Å². The number of hydrogen-bond acceptors (Lipinski definition) is 3. The zero-order chi connectivity index (χ0) is 11.7. The van der Waals surface area contributed by atoms with Gasteiger partial charge in [0, 0.05) is 5.92 Å². The van der Waals surface area contributed by atoms with Crippen molar-refractivity contribution >= 4 is 6.29 Å². The predicted molar refractivity (Wildman–Crippen MR) is 63.3 cm³/mol. The van der Waals surface area contributed by atoms with Crippen LogP contribution in [0.5, 0.6) is 11.5 Å². The molecule has 1 aliphatic carbocycles. The molecule has 0 spiro atoms. The quantitative estimate of drug-likeness (QED) is 0.579. The number of rotatable bonds is 2. The fourth-order valence-corrected chi connectivity index (χ4v) is 2.67. The summed E-state index contributed by atoms with van der Waals surface area (Å²) in [4.78, 5) is 10.6. The molecule has 88 valence electrons. The van der Waals surface area contributed by atoms with Crippen molar-refractivity contribution in [3.05, 3.63) is 35.4 Å². The van der Waals surface area contributed by atoms with Gasteiger partial charge in [-0.05, 0) is 43.0 Å². The van der Waals surface area contributed by atoms with Gasteiger partial charge < -0.3 is 9.47 Å². The Labute approximate surface area is 100 Å². The van der Waals surface area contributed by atoms with Gasteiger partial charge in [-0.25, -0.2) is 0 Å². The first kappa shape index (κ1) is 10.4. The maximum Gasteiger partial charge on any atom is 0.231 e. The minimum absolute atomic E-state index is 0.306. The monoisotopic (exact) mass is 230 g/mol. The van der Waals surface area contributed by atoms with Crippen LogP contribution in [0.25, 0.3) is 0 Å². The largest absolute Gasteiger partial charge is 0.454 e. The summed E-state index contributed by atoms with van der Waals surface area (Å²) in [6.07, 6.45) is 5.89. The molecule has 17 heavy (non-hydrogen) atoms. The Bertz CT molecular complexity index is 476. The van der Waals surface area contributed by atoms with Crippen LogP contribution in [0.3, 0.4) is 0 Å². The molecule has 0 radical (unpaired) electrons. The summed E-state index contributed by atoms with van der Waals surface area (Å²) in [5.41, 5.74) is 2.46. The first-order chi connectivity index (χ1) is 8.38. The van der Waals surface area contributed by atoms with Crippen LogP contribution in [0.15, 0.2) is 29.8 Å². The third kappa shape index (κ3) is 1.82. The van der Waals surface area contributed by atoms with Crippen molar-refractivity contribution in [2.45, 2.75) is 25.2 Å². The van der Waals surface area contributed by atoms with Crippen molar-refractivity contribution in [2.24, 2.45) is 0 Å². The molecule has 1 aliphatic heterocycles. The SMILES string of the molecule is O=C/C=C1\CCCC1c1ccc2c(c1)OCO2. The Balaban J connectivity index is 1.93. The number of hydrogen-bond donors (Lipinski definition) is 0. The lowest BCUT2D eigenvalue weighted by Crippen LogP contribution is -1.96. The molecule has 3 rings (SSSR count). The summed E-state index contributed by atoms with van der Waals surface area (Å²) in [5, 5.41) is 0. The molecule has 0 bridgehead atoms. The van der Waals surface area contributed by atoms with Gasteiger partial charge in [-0.3, -0.25) is 4.79 Å². The average molecular weight is 230 g/mol. The van der Waals surface area contributed by atoms with Crippen molar-refractivity contribution in [2.75, 3.05) is 6.79 Å². The van der Waals surface area contributed by atoms with Crippen molar-refractivity contribution < 1.29 is 14.3 Å². The molecule has 1 unspecified atom stereocenters. The zero-order valence-corrected chi connectivity index (χ0v) is 9.52. The summed E-state index contributed by atoms with van der Waals surface area (Å²) < 4.78 is 10.7. The fraction of sp³-hybridized carbons (Fsp3) is 0.357. The predicted octanol–water partition coefficient (Wildman–Crippen LogP) is 2.81. The molecule has 1 heterocycles. The molecule has 0 N–H and O–H groups in total. The number of carbonyl (C=O) groups is 1. The van der Waals surface area contributed by atoms with Gasteiger partial charge in [0.05, 0.1) is 0 Å². The third-order valence-corrected chi connectivity index (χ3v) is 3.49. The highest BCUT2D eigenvalue weighted by atomic mass is 16.7. The van der Waals surface area contributed by atoms with Gasteiger partial charge in [0.1, 0.15) is 6.29 Å². The van der Waals surface area contributed by atoms with E-state index in [1.54, 1.807) is 6.08 Å². The second-order valence-electron chi connectivity index (χ2n) is 4.44. The van der Waals surface area contributed by atoms with Gasteiger partial charge in [0.2, 0.25) is 6.79 Å². The summed E-state index contributed by atoms with van der Waals surface area (Å²) >= 11 is 0. The third-order valence-electron chi connectivity index (χ3n) is 3.49. The first-order valence-electron chi connectivity index (χ1n) is 5.92. The number of aldehydes is 1. The van der Waals surface area contributed by atoms with Gasteiger partial charge in [0.15, 0.2) is 11.5 Å². The topological polar surface area (TPSA) is 35.5 Å². The number of fused-ring (bicyclic) bond motifs is 1. The highest BCUT2D eigenvalue weighted by molar-refractivity contribution is 5.67. The Morgan fingerprint density at radius 1 is 1.24 bits per heavy atom. The average Bonchev–Trinajstić information content (AvgIpc) is 2.96. The van der Waals surface area contributed by atoms with Gasteiger partial charge in [-0.1, -0.05) is 11.6 Å². The Kier molecular flexibility index (Phi) is 2.59. The van der Waals surface area contributed by atoms with E-state index >= 15 is 0 Å². The van der Waals surface area contributed by atoms with Gasteiger partial charge in [-0.15, -0.1) is 0 Å². The van der Waals surface area contributed by atoms with Crippen LogP contribution in [0.1, 0.15) is 30.7 Å². The first-order valence-corrected chi connectivity index (χ1v) is 5.92.